The average Bonchev–Trinajstić information content (AvgIpc) is 3.27. The SMILES string of the molecule is [CH2]CCCC[Si]1(c2ccccc2)O[Si](c2ccccc2)(c2ccccc2)O[Si](c2ccccc2)(c2ccccc2)O[Si](c2ccccc2)(c2ccccc2)O1. The predicted octanol–water partition coefficient (Wildman–Crippen LogP) is 6.19. The fourth-order valence-electron chi connectivity index (χ4n) is 7.70. The zero-order chi connectivity index (χ0) is 37.4. The Morgan fingerprint density at radius 1 is 0.291 bits per heavy atom. The second-order valence-electron chi connectivity index (χ2n) is 13.9. The van der Waals surface area contributed by atoms with Gasteiger partial charge in [0.05, 0.1) is 0 Å². The van der Waals surface area contributed by atoms with Crippen LogP contribution in [0.4, 0.5) is 0 Å². The van der Waals surface area contributed by atoms with Crippen molar-refractivity contribution in [2.24, 2.45) is 0 Å². The largest absolute Gasteiger partial charge is 0.405 e. The van der Waals surface area contributed by atoms with Crippen molar-refractivity contribution in [3.63, 3.8) is 0 Å². The lowest BCUT2D eigenvalue weighted by atomic mass is 10.3. The first kappa shape index (κ1) is 37.2. The van der Waals surface area contributed by atoms with Gasteiger partial charge in [0.15, 0.2) is 0 Å². The molecule has 1 aliphatic rings. The van der Waals surface area contributed by atoms with Crippen molar-refractivity contribution in [3.05, 3.63) is 219 Å². The van der Waals surface area contributed by atoms with Crippen LogP contribution in [0.5, 0.6) is 0 Å². The third kappa shape index (κ3) is 7.24. The average molecular weight is 786 g/mol. The van der Waals surface area contributed by atoms with Gasteiger partial charge in [0, 0.05) is 0 Å². The van der Waals surface area contributed by atoms with E-state index in [1.54, 1.807) is 0 Å². The highest BCUT2D eigenvalue weighted by Gasteiger charge is 2.67. The van der Waals surface area contributed by atoms with Gasteiger partial charge >= 0.3 is 34.2 Å². The fourth-order valence-corrected chi connectivity index (χ4v) is 30.7. The minimum absolute atomic E-state index is 0.702. The van der Waals surface area contributed by atoms with Crippen LogP contribution < -0.4 is 36.3 Å². The minimum atomic E-state index is -3.84. The third-order valence-electron chi connectivity index (χ3n) is 10.3. The van der Waals surface area contributed by atoms with Crippen LogP contribution in [0.3, 0.4) is 0 Å². The molecular weight excluding hydrogens is 741 g/mol. The molecule has 1 aliphatic heterocycles. The summed E-state index contributed by atoms with van der Waals surface area (Å²) in [6.45, 7) is 4.24. The van der Waals surface area contributed by atoms with Crippen LogP contribution >= 0.6 is 0 Å². The summed E-state index contributed by atoms with van der Waals surface area (Å²) in [6.07, 6.45) is 2.65. The molecule has 0 unspecified atom stereocenters. The number of unbranched alkanes of at least 4 members (excludes halogenated alkanes) is 2. The van der Waals surface area contributed by atoms with E-state index < -0.39 is 34.2 Å². The lowest BCUT2D eigenvalue weighted by Gasteiger charge is -2.53. The van der Waals surface area contributed by atoms with E-state index in [-0.39, 0.29) is 0 Å². The van der Waals surface area contributed by atoms with E-state index in [2.05, 4.69) is 219 Å². The first-order chi connectivity index (χ1) is 27.1. The van der Waals surface area contributed by atoms with Crippen molar-refractivity contribution >= 4 is 70.6 Å². The molecule has 1 heterocycles. The Hall–Kier alpha value is -4.75. The summed E-state index contributed by atoms with van der Waals surface area (Å²) >= 11 is 0. The molecule has 0 aliphatic carbocycles. The van der Waals surface area contributed by atoms with Crippen LogP contribution in [-0.4, -0.2) is 34.2 Å². The summed E-state index contributed by atoms with van der Waals surface area (Å²) in [4.78, 5) is 0. The number of hydrogen-bond acceptors (Lipinski definition) is 4. The summed E-state index contributed by atoms with van der Waals surface area (Å²) in [5, 5.41) is 7.09. The van der Waals surface area contributed by atoms with Gasteiger partial charge in [0.25, 0.3) is 0 Å². The number of benzene rings is 7. The Morgan fingerprint density at radius 2 is 0.527 bits per heavy atom. The smallest absolute Gasteiger partial charge is 0.390 e. The van der Waals surface area contributed by atoms with E-state index >= 15 is 0 Å². The summed E-state index contributed by atoms with van der Waals surface area (Å²) in [7, 11) is -15.0. The van der Waals surface area contributed by atoms with Gasteiger partial charge in [-0.3, -0.25) is 0 Å². The molecule has 0 spiro atoms. The molecule has 8 heteroatoms. The number of hydrogen-bond donors (Lipinski definition) is 0. The van der Waals surface area contributed by atoms with Gasteiger partial charge in [0.1, 0.15) is 0 Å². The molecule has 0 bridgehead atoms. The molecule has 0 N–H and O–H groups in total. The molecule has 1 radical (unpaired) electrons. The third-order valence-corrected chi connectivity index (χ3v) is 28.7. The maximum Gasteiger partial charge on any atom is 0.390 e. The van der Waals surface area contributed by atoms with Gasteiger partial charge in [-0.1, -0.05) is 239 Å². The van der Waals surface area contributed by atoms with Gasteiger partial charge in [-0.15, -0.1) is 0 Å². The summed E-state index contributed by atoms with van der Waals surface area (Å²) < 4.78 is 33.5. The number of rotatable bonds is 11. The Kier molecular flexibility index (Phi) is 11.2. The summed E-state index contributed by atoms with van der Waals surface area (Å²) in [5.74, 6) is 0. The minimum Gasteiger partial charge on any atom is -0.405 e. The van der Waals surface area contributed by atoms with E-state index in [4.69, 9.17) is 16.5 Å². The van der Waals surface area contributed by atoms with E-state index in [9.17, 15) is 0 Å². The Labute approximate surface area is 330 Å². The Morgan fingerprint density at radius 3 is 0.782 bits per heavy atom. The quantitative estimate of drug-likeness (QED) is 0.116. The molecule has 0 atom stereocenters. The van der Waals surface area contributed by atoms with E-state index in [0.717, 1.165) is 55.6 Å². The highest BCUT2D eigenvalue weighted by molar-refractivity contribution is 7.14. The van der Waals surface area contributed by atoms with Crippen molar-refractivity contribution < 1.29 is 16.5 Å². The van der Waals surface area contributed by atoms with Gasteiger partial charge in [-0.05, 0) is 42.4 Å². The molecule has 8 rings (SSSR count). The first-order valence-corrected chi connectivity index (χ1v) is 26.6. The maximum absolute atomic E-state index is 8.40. The van der Waals surface area contributed by atoms with E-state index in [0.29, 0.717) is 6.04 Å². The first-order valence-electron chi connectivity index (χ1n) is 19.1. The van der Waals surface area contributed by atoms with Crippen molar-refractivity contribution in [2.75, 3.05) is 0 Å². The molecular formula is C47H45O4Si4. The Bertz CT molecular complexity index is 2020. The molecule has 0 aromatic heterocycles. The standard InChI is InChI=1S/C47H45O4Si4/c1-2-3-25-40-52(41-26-11-4-12-27-41)48-53(42-28-13-5-14-29-42,43-30-15-6-16-31-43)50-55(46-36-21-9-22-37-46,47-38-23-10-24-39-47)51-54(49-52,44-32-17-7-18-33-44)45-34-19-8-20-35-45/h4-24,26-39H,1-3,25,40H2. The van der Waals surface area contributed by atoms with Gasteiger partial charge in [0.2, 0.25) is 0 Å². The Balaban J connectivity index is 1.56. The second kappa shape index (κ2) is 16.5. The second-order valence-corrected chi connectivity index (χ2v) is 26.9. The van der Waals surface area contributed by atoms with Crippen LogP contribution in [0.1, 0.15) is 19.3 Å². The van der Waals surface area contributed by atoms with Crippen molar-refractivity contribution in [2.45, 2.75) is 25.3 Å². The highest BCUT2D eigenvalue weighted by atomic mass is 28.5. The molecule has 0 saturated carbocycles. The molecule has 1 saturated heterocycles. The van der Waals surface area contributed by atoms with Gasteiger partial charge in [-0.25, -0.2) is 0 Å². The van der Waals surface area contributed by atoms with E-state index in [1.165, 1.54) is 0 Å². The van der Waals surface area contributed by atoms with Crippen molar-refractivity contribution in [3.8, 4) is 0 Å². The topological polar surface area (TPSA) is 36.9 Å². The highest BCUT2D eigenvalue weighted by Crippen LogP contribution is 2.34. The zero-order valence-electron chi connectivity index (χ0n) is 30.9. The van der Waals surface area contributed by atoms with Gasteiger partial charge < -0.3 is 16.5 Å². The summed E-state index contributed by atoms with van der Waals surface area (Å²) in [5.41, 5.74) is 0. The normalized spacial score (nSPS) is 17.0. The van der Waals surface area contributed by atoms with Crippen LogP contribution in [0.2, 0.25) is 6.04 Å². The maximum atomic E-state index is 8.40. The molecule has 7 aromatic carbocycles. The van der Waals surface area contributed by atoms with Crippen molar-refractivity contribution in [1.29, 1.82) is 0 Å². The monoisotopic (exact) mass is 785 g/mol. The molecule has 0 amide bonds. The molecule has 1 fully saturated rings. The lowest BCUT2D eigenvalue weighted by Crippen LogP contribution is -2.86. The fraction of sp³-hybridized carbons (Fsp3) is 0.0851. The molecule has 4 nitrogen and oxygen atoms in total. The predicted molar refractivity (Wildman–Crippen MR) is 234 cm³/mol. The van der Waals surface area contributed by atoms with Gasteiger partial charge in [-0.2, -0.15) is 0 Å². The van der Waals surface area contributed by atoms with Crippen LogP contribution in [0.15, 0.2) is 212 Å². The molecule has 273 valence electrons. The zero-order valence-corrected chi connectivity index (χ0v) is 34.9. The molecule has 7 aromatic rings. The lowest BCUT2D eigenvalue weighted by molar-refractivity contribution is 0.259. The summed E-state index contributed by atoms with van der Waals surface area (Å²) in [6, 6.07) is 74.9. The van der Waals surface area contributed by atoms with E-state index in [1.807, 2.05) is 0 Å². The van der Waals surface area contributed by atoms with Crippen LogP contribution in [0.25, 0.3) is 0 Å². The molecule has 55 heavy (non-hydrogen) atoms. The van der Waals surface area contributed by atoms with Crippen molar-refractivity contribution in [1.82, 2.24) is 0 Å². The van der Waals surface area contributed by atoms with Crippen LogP contribution in [-0.2, 0) is 16.5 Å². The van der Waals surface area contributed by atoms with Crippen LogP contribution in [0, 0.1) is 6.92 Å².